The topological polar surface area (TPSA) is 6.48 Å². The summed E-state index contributed by atoms with van der Waals surface area (Å²) < 4.78 is 0. The molecule has 1 rings (SSSR count). The van der Waals surface area contributed by atoms with E-state index in [1.807, 2.05) is 0 Å². The van der Waals surface area contributed by atoms with Crippen LogP contribution in [0.1, 0.15) is 149 Å². The molecule has 0 saturated carbocycles. The molecular formula is C28H56N2. The fraction of sp³-hybridized carbons (Fsp3) is 0.929. The lowest BCUT2D eigenvalue weighted by atomic mass is 10.1. The van der Waals surface area contributed by atoms with E-state index < -0.39 is 0 Å². The summed E-state index contributed by atoms with van der Waals surface area (Å²) in [5, 5.41) is 0. The van der Waals surface area contributed by atoms with E-state index in [0.29, 0.717) is 0 Å². The third-order valence-electron chi connectivity index (χ3n) is 6.70. The van der Waals surface area contributed by atoms with E-state index in [1.54, 1.807) is 0 Å². The molecule has 0 aliphatic carbocycles. The standard InChI is InChI=1S/C28H56N2/c1-3-5-7-9-11-13-15-17-19-21-23-25-30-27-26-29(28-30)24-22-20-18-16-14-12-10-8-6-4-2/h26-27H,3-25,28H2,1-2H3. The van der Waals surface area contributed by atoms with Crippen molar-refractivity contribution in [3.05, 3.63) is 12.4 Å². The SMILES string of the molecule is CCCCCCCCCCCCCN1C=CN(CCCCCCCCCCCC)C1. The number of nitrogens with zero attached hydrogens (tertiary/aromatic N) is 2. The fourth-order valence-corrected chi connectivity index (χ4v) is 4.59. The van der Waals surface area contributed by atoms with Crippen LogP contribution < -0.4 is 0 Å². The lowest BCUT2D eigenvalue weighted by Crippen LogP contribution is -2.26. The Morgan fingerprint density at radius 1 is 0.400 bits per heavy atom. The summed E-state index contributed by atoms with van der Waals surface area (Å²) in [6.45, 7) is 8.24. The van der Waals surface area contributed by atoms with E-state index in [-0.39, 0.29) is 0 Å². The number of hydrogen-bond donors (Lipinski definition) is 0. The third-order valence-corrected chi connectivity index (χ3v) is 6.70. The summed E-state index contributed by atoms with van der Waals surface area (Å²) in [5.74, 6) is 0. The van der Waals surface area contributed by atoms with Gasteiger partial charge in [-0.25, -0.2) is 0 Å². The van der Waals surface area contributed by atoms with Crippen LogP contribution in [0.15, 0.2) is 12.4 Å². The van der Waals surface area contributed by atoms with Gasteiger partial charge >= 0.3 is 0 Å². The lowest BCUT2D eigenvalue weighted by molar-refractivity contribution is 0.257. The highest BCUT2D eigenvalue weighted by Gasteiger charge is 2.10. The van der Waals surface area contributed by atoms with Gasteiger partial charge < -0.3 is 9.80 Å². The Hall–Kier alpha value is -0.660. The molecule has 0 amide bonds. The van der Waals surface area contributed by atoms with Gasteiger partial charge in [0, 0.05) is 25.5 Å². The molecule has 0 radical (unpaired) electrons. The van der Waals surface area contributed by atoms with E-state index in [4.69, 9.17) is 0 Å². The number of unbranched alkanes of at least 4 members (excludes halogenated alkanes) is 19. The Bertz CT molecular complexity index is 366. The second kappa shape index (κ2) is 21.6. The summed E-state index contributed by atoms with van der Waals surface area (Å²) in [7, 11) is 0. The highest BCUT2D eigenvalue weighted by molar-refractivity contribution is 4.90. The normalized spacial score (nSPS) is 13.7. The summed E-state index contributed by atoms with van der Waals surface area (Å²) in [5.41, 5.74) is 0. The molecule has 178 valence electrons. The van der Waals surface area contributed by atoms with Crippen molar-refractivity contribution in [2.24, 2.45) is 0 Å². The van der Waals surface area contributed by atoms with Crippen LogP contribution in [0.3, 0.4) is 0 Å². The van der Waals surface area contributed by atoms with Crippen LogP contribution in [-0.2, 0) is 0 Å². The van der Waals surface area contributed by atoms with Crippen molar-refractivity contribution in [2.75, 3.05) is 19.8 Å². The van der Waals surface area contributed by atoms with Gasteiger partial charge in [-0.15, -0.1) is 0 Å². The maximum absolute atomic E-state index is 2.52. The summed E-state index contributed by atoms with van der Waals surface area (Å²) in [6.07, 6.45) is 34.7. The van der Waals surface area contributed by atoms with Crippen molar-refractivity contribution >= 4 is 0 Å². The van der Waals surface area contributed by atoms with Crippen molar-refractivity contribution < 1.29 is 0 Å². The highest BCUT2D eigenvalue weighted by atomic mass is 15.3. The molecule has 1 aliphatic heterocycles. The molecule has 0 unspecified atom stereocenters. The summed E-state index contributed by atoms with van der Waals surface area (Å²) in [4.78, 5) is 5.04. The van der Waals surface area contributed by atoms with Gasteiger partial charge in [0.2, 0.25) is 0 Å². The molecule has 2 heteroatoms. The Balaban J connectivity index is 1.79. The van der Waals surface area contributed by atoms with Crippen LogP contribution >= 0.6 is 0 Å². The zero-order valence-electron chi connectivity index (χ0n) is 21.0. The number of rotatable bonds is 23. The predicted molar refractivity (Wildman–Crippen MR) is 136 cm³/mol. The van der Waals surface area contributed by atoms with Gasteiger partial charge in [0.1, 0.15) is 0 Å². The molecule has 0 aromatic rings. The molecule has 0 spiro atoms. The van der Waals surface area contributed by atoms with E-state index in [9.17, 15) is 0 Å². The van der Waals surface area contributed by atoms with Crippen molar-refractivity contribution in [3.63, 3.8) is 0 Å². The molecular weight excluding hydrogens is 364 g/mol. The van der Waals surface area contributed by atoms with Crippen LogP contribution in [0.2, 0.25) is 0 Å². The highest BCUT2D eigenvalue weighted by Crippen LogP contribution is 2.14. The van der Waals surface area contributed by atoms with Crippen molar-refractivity contribution in [3.8, 4) is 0 Å². The molecule has 0 saturated heterocycles. The Morgan fingerprint density at radius 3 is 0.967 bits per heavy atom. The zero-order chi connectivity index (χ0) is 21.5. The molecule has 0 atom stereocenters. The molecule has 1 heterocycles. The first kappa shape index (κ1) is 27.4. The van der Waals surface area contributed by atoms with E-state index in [0.717, 1.165) is 6.67 Å². The van der Waals surface area contributed by atoms with E-state index in [2.05, 4.69) is 36.0 Å². The van der Waals surface area contributed by atoms with Crippen LogP contribution in [0, 0.1) is 0 Å². The van der Waals surface area contributed by atoms with E-state index >= 15 is 0 Å². The van der Waals surface area contributed by atoms with Crippen LogP contribution in [0.5, 0.6) is 0 Å². The number of hydrogen-bond acceptors (Lipinski definition) is 2. The first-order chi connectivity index (χ1) is 14.9. The van der Waals surface area contributed by atoms with Gasteiger partial charge in [0.15, 0.2) is 0 Å². The van der Waals surface area contributed by atoms with Gasteiger partial charge in [-0.2, -0.15) is 0 Å². The molecule has 1 aliphatic rings. The average Bonchev–Trinajstić information content (AvgIpc) is 3.21. The van der Waals surface area contributed by atoms with Crippen molar-refractivity contribution in [1.29, 1.82) is 0 Å². The first-order valence-corrected chi connectivity index (χ1v) is 14.0. The molecule has 2 nitrogen and oxygen atoms in total. The van der Waals surface area contributed by atoms with Gasteiger partial charge in [-0.1, -0.05) is 136 Å². The molecule has 0 aromatic heterocycles. The monoisotopic (exact) mass is 420 g/mol. The second-order valence-corrected chi connectivity index (χ2v) is 9.78. The average molecular weight is 421 g/mol. The molecule has 0 aromatic carbocycles. The predicted octanol–water partition coefficient (Wildman–Crippen LogP) is 9.26. The summed E-state index contributed by atoms with van der Waals surface area (Å²) in [6, 6.07) is 0. The lowest BCUT2D eigenvalue weighted by Gasteiger charge is -2.21. The fourth-order valence-electron chi connectivity index (χ4n) is 4.59. The molecule has 30 heavy (non-hydrogen) atoms. The minimum Gasteiger partial charge on any atom is -0.359 e. The summed E-state index contributed by atoms with van der Waals surface area (Å²) >= 11 is 0. The van der Waals surface area contributed by atoms with Gasteiger partial charge in [0.05, 0.1) is 6.67 Å². The van der Waals surface area contributed by atoms with E-state index in [1.165, 1.54) is 148 Å². The van der Waals surface area contributed by atoms with Gasteiger partial charge in [-0.3, -0.25) is 0 Å². The smallest absolute Gasteiger partial charge is 0.0893 e. The Labute approximate surface area is 190 Å². The molecule has 0 N–H and O–H groups in total. The second-order valence-electron chi connectivity index (χ2n) is 9.78. The van der Waals surface area contributed by atoms with Crippen LogP contribution in [0.4, 0.5) is 0 Å². The van der Waals surface area contributed by atoms with Gasteiger partial charge in [0.25, 0.3) is 0 Å². The largest absolute Gasteiger partial charge is 0.359 e. The maximum Gasteiger partial charge on any atom is 0.0893 e. The Morgan fingerprint density at radius 2 is 0.667 bits per heavy atom. The van der Waals surface area contributed by atoms with Crippen molar-refractivity contribution in [2.45, 2.75) is 149 Å². The molecule has 0 bridgehead atoms. The first-order valence-electron chi connectivity index (χ1n) is 14.0. The Kier molecular flexibility index (Phi) is 19.7. The minimum absolute atomic E-state index is 1.13. The van der Waals surface area contributed by atoms with Gasteiger partial charge in [-0.05, 0) is 12.8 Å². The van der Waals surface area contributed by atoms with Crippen molar-refractivity contribution in [1.82, 2.24) is 9.80 Å². The maximum atomic E-state index is 2.52. The minimum atomic E-state index is 1.13. The zero-order valence-corrected chi connectivity index (χ0v) is 21.0. The quantitative estimate of drug-likeness (QED) is 0.152. The van der Waals surface area contributed by atoms with Crippen LogP contribution in [0.25, 0.3) is 0 Å². The molecule has 0 fully saturated rings. The van der Waals surface area contributed by atoms with Crippen LogP contribution in [-0.4, -0.2) is 29.6 Å². The third kappa shape index (κ3) is 17.1.